The van der Waals surface area contributed by atoms with Gasteiger partial charge < -0.3 is 9.64 Å². The normalized spacial score (nSPS) is 30.9. The molecule has 22 heavy (non-hydrogen) atoms. The largest absolute Gasteiger partial charge is 0.487 e. The number of hydrogen-bond acceptors (Lipinski definition) is 3. The van der Waals surface area contributed by atoms with Crippen LogP contribution in [0.3, 0.4) is 0 Å². The molecule has 3 saturated heterocycles. The number of likely N-dealkylation sites (N-methyl/N-ethyl adjacent to an activating group) is 1. The molecule has 5 rings (SSSR count). The van der Waals surface area contributed by atoms with Crippen molar-refractivity contribution in [1.29, 1.82) is 0 Å². The molecular formula is C19H28N2O. The molecule has 120 valence electrons. The Kier molecular flexibility index (Phi) is 3.46. The van der Waals surface area contributed by atoms with Gasteiger partial charge in [-0.15, -0.1) is 0 Å². The molecule has 1 aromatic carbocycles. The Morgan fingerprint density at radius 3 is 2.91 bits per heavy atom. The number of piperidine rings is 1. The summed E-state index contributed by atoms with van der Waals surface area (Å²) in [6.07, 6.45) is 3.82. The van der Waals surface area contributed by atoms with Crippen molar-refractivity contribution in [1.82, 2.24) is 9.80 Å². The predicted molar refractivity (Wildman–Crippen MR) is 89.3 cm³/mol. The fourth-order valence-corrected chi connectivity index (χ4v) is 4.60. The van der Waals surface area contributed by atoms with Crippen molar-refractivity contribution in [3.8, 4) is 5.75 Å². The maximum absolute atomic E-state index is 6.00. The van der Waals surface area contributed by atoms with Gasteiger partial charge in [0.1, 0.15) is 11.4 Å². The molecule has 0 spiro atoms. The molecule has 0 unspecified atom stereocenters. The first-order valence-corrected chi connectivity index (χ1v) is 8.72. The smallest absolute Gasteiger partial charge is 0.123 e. The number of fused-ring (bicyclic) bond motifs is 5. The van der Waals surface area contributed by atoms with Gasteiger partial charge in [0.05, 0.1) is 0 Å². The molecule has 4 heterocycles. The van der Waals surface area contributed by atoms with Gasteiger partial charge in [-0.1, -0.05) is 12.1 Å². The summed E-state index contributed by atoms with van der Waals surface area (Å²) in [6, 6.07) is 7.57. The fraction of sp³-hybridized carbons (Fsp3) is 0.684. The van der Waals surface area contributed by atoms with Crippen molar-refractivity contribution in [3.63, 3.8) is 0 Å². The zero-order chi connectivity index (χ0) is 15.3. The summed E-state index contributed by atoms with van der Waals surface area (Å²) >= 11 is 0. The summed E-state index contributed by atoms with van der Waals surface area (Å²) in [4.78, 5) is 5.25. The number of rotatable bonds is 2. The average Bonchev–Trinajstić information content (AvgIpc) is 2.56. The van der Waals surface area contributed by atoms with E-state index in [1.807, 2.05) is 0 Å². The molecule has 0 aliphatic carbocycles. The van der Waals surface area contributed by atoms with E-state index in [1.165, 1.54) is 43.6 Å². The highest BCUT2D eigenvalue weighted by molar-refractivity contribution is 5.41. The fourth-order valence-electron chi connectivity index (χ4n) is 4.60. The topological polar surface area (TPSA) is 15.7 Å². The van der Waals surface area contributed by atoms with Crippen molar-refractivity contribution in [2.45, 2.75) is 51.3 Å². The van der Waals surface area contributed by atoms with Crippen LogP contribution < -0.4 is 4.74 Å². The van der Waals surface area contributed by atoms with Crippen molar-refractivity contribution in [2.75, 3.05) is 26.7 Å². The van der Waals surface area contributed by atoms with E-state index >= 15 is 0 Å². The Bertz CT molecular complexity index is 569. The van der Waals surface area contributed by atoms with Gasteiger partial charge >= 0.3 is 0 Å². The van der Waals surface area contributed by atoms with E-state index in [-0.39, 0.29) is 5.60 Å². The highest BCUT2D eigenvalue weighted by Crippen LogP contribution is 2.36. The van der Waals surface area contributed by atoms with E-state index in [9.17, 15) is 0 Å². The van der Waals surface area contributed by atoms with Gasteiger partial charge in [-0.05, 0) is 56.8 Å². The third-order valence-electron chi connectivity index (χ3n) is 5.52. The third-order valence-corrected chi connectivity index (χ3v) is 5.52. The van der Waals surface area contributed by atoms with Gasteiger partial charge in [-0.25, -0.2) is 0 Å². The monoisotopic (exact) mass is 300 g/mol. The van der Waals surface area contributed by atoms with Gasteiger partial charge in [0.25, 0.3) is 0 Å². The molecule has 0 aromatic heterocycles. The van der Waals surface area contributed by atoms with Crippen molar-refractivity contribution in [2.24, 2.45) is 5.92 Å². The summed E-state index contributed by atoms with van der Waals surface area (Å²) in [5, 5.41) is 0. The van der Waals surface area contributed by atoms with Crippen molar-refractivity contribution < 1.29 is 4.74 Å². The minimum absolute atomic E-state index is 0.0364. The lowest BCUT2D eigenvalue weighted by Gasteiger charge is -2.36. The lowest BCUT2D eigenvalue weighted by atomic mass is 9.94. The number of hydrogen-bond donors (Lipinski definition) is 0. The van der Waals surface area contributed by atoms with Gasteiger partial charge in [-0.2, -0.15) is 0 Å². The molecule has 0 N–H and O–H groups in total. The Labute approximate surface area is 134 Å². The van der Waals surface area contributed by atoms with Crippen LogP contribution in [0.5, 0.6) is 5.75 Å². The standard InChI is InChI=1S/C19H28N2O/c1-19(2)9-16-8-14(5-7-18(16)22-19)11-21-12-15-4-6-17(21)13-20(3)10-15/h5,7-8,15,17H,4,6,9-13H2,1-3H3/t15-,17+/m0/s1. The van der Waals surface area contributed by atoms with E-state index < -0.39 is 0 Å². The second kappa shape index (κ2) is 5.24. The van der Waals surface area contributed by atoms with E-state index in [4.69, 9.17) is 4.74 Å². The molecule has 0 radical (unpaired) electrons. The van der Waals surface area contributed by atoms with E-state index in [0.29, 0.717) is 0 Å². The van der Waals surface area contributed by atoms with Crippen LogP contribution in [-0.4, -0.2) is 48.1 Å². The Morgan fingerprint density at radius 1 is 1.18 bits per heavy atom. The Morgan fingerprint density at radius 2 is 2.05 bits per heavy atom. The summed E-state index contributed by atoms with van der Waals surface area (Å²) < 4.78 is 6.00. The van der Waals surface area contributed by atoms with Crippen LogP contribution in [0.15, 0.2) is 18.2 Å². The maximum Gasteiger partial charge on any atom is 0.123 e. The van der Waals surface area contributed by atoms with Gasteiger partial charge in [0.2, 0.25) is 0 Å². The summed E-state index contributed by atoms with van der Waals surface area (Å²) in [6.45, 7) is 9.24. The molecule has 3 fully saturated rings. The van der Waals surface area contributed by atoms with Crippen LogP contribution in [0, 0.1) is 5.92 Å². The van der Waals surface area contributed by atoms with E-state index in [1.54, 1.807) is 0 Å². The van der Waals surface area contributed by atoms with Crippen LogP contribution >= 0.6 is 0 Å². The Hall–Kier alpha value is -1.06. The Balaban J connectivity index is 1.50. The SMILES string of the molecule is CN1C[C@@H]2CC[C@H](C1)N(Cc1ccc3c(c1)CC(C)(C)O3)C2. The van der Waals surface area contributed by atoms with Crippen LogP contribution in [-0.2, 0) is 13.0 Å². The molecule has 0 saturated carbocycles. The zero-order valence-corrected chi connectivity index (χ0v) is 14.1. The lowest BCUT2D eigenvalue weighted by molar-refractivity contribution is 0.124. The lowest BCUT2D eigenvalue weighted by Crippen LogP contribution is -2.43. The second-order valence-electron chi connectivity index (χ2n) is 8.23. The molecule has 1 aromatic rings. The van der Waals surface area contributed by atoms with Crippen molar-refractivity contribution >= 4 is 0 Å². The molecule has 2 bridgehead atoms. The number of ether oxygens (including phenoxy) is 1. The third kappa shape index (κ3) is 2.77. The van der Waals surface area contributed by atoms with Crippen molar-refractivity contribution in [3.05, 3.63) is 29.3 Å². The first-order valence-electron chi connectivity index (χ1n) is 8.72. The van der Waals surface area contributed by atoms with Crippen LogP contribution in [0.2, 0.25) is 0 Å². The minimum Gasteiger partial charge on any atom is -0.487 e. The molecule has 2 atom stereocenters. The molecule has 4 aliphatic heterocycles. The molecule has 3 nitrogen and oxygen atoms in total. The average molecular weight is 300 g/mol. The minimum atomic E-state index is -0.0364. The van der Waals surface area contributed by atoms with Crippen LogP contribution in [0.4, 0.5) is 0 Å². The first kappa shape index (κ1) is 14.5. The van der Waals surface area contributed by atoms with E-state index in [2.05, 4.69) is 48.9 Å². The van der Waals surface area contributed by atoms with Crippen LogP contribution in [0.25, 0.3) is 0 Å². The van der Waals surface area contributed by atoms with Gasteiger partial charge in [-0.3, -0.25) is 4.90 Å². The number of benzene rings is 1. The second-order valence-corrected chi connectivity index (χ2v) is 8.23. The summed E-state index contributed by atoms with van der Waals surface area (Å²) in [5.41, 5.74) is 2.81. The first-order chi connectivity index (χ1) is 10.5. The molecule has 0 amide bonds. The summed E-state index contributed by atoms with van der Waals surface area (Å²) in [5.74, 6) is 1.95. The summed E-state index contributed by atoms with van der Waals surface area (Å²) in [7, 11) is 2.28. The van der Waals surface area contributed by atoms with Gasteiger partial charge in [0, 0.05) is 38.6 Å². The molecular weight excluding hydrogens is 272 g/mol. The molecule has 3 heteroatoms. The molecule has 4 aliphatic rings. The van der Waals surface area contributed by atoms with Crippen LogP contribution in [0.1, 0.15) is 37.8 Å². The van der Waals surface area contributed by atoms with Gasteiger partial charge in [0.15, 0.2) is 0 Å². The van der Waals surface area contributed by atoms with E-state index in [0.717, 1.165) is 30.7 Å². The highest BCUT2D eigenvalue weighted by Gasteiger charge is 2.34. The highest BCUT2D eigenvalue weighted by atomic mass is 16.5. The maximum atomic E-state index is 6.00. The zero-order valence-electron chi connectivity index (χ0n) is 14.1. The number of nitrogens with zero attached hydrogens (tertiary/aromatic N) is 2. The predicted octanol–water partition coefficient (Wildman–Crippen LogP) is 2.93. The quantitative estimate of drug-likeness (QED) is 0.835.